The Balaban J connectivity index is 0.000000440. The Kier molecular flexibility index (Phi) is 25.5. The molecule has 0 atom stereocenters. The molecule has 0 unspecified atom stereocenters. The molecular formula is C59H102N18. The van der Waals surface area contributed by atoms with Crippen LogP contribution >= 0.6 is 0 Å². The van der Waals surface area contributed by atoms with Crippen molar-refractivity contribution in [3.63, 3.8) is 0 Å². The lowest BCUT2D eigenvalue weighted by atomic mass is 9.87. The predicted octanol–water partition coefficient (Wildman–Crippen LogP) is 12.3. The molecule has 0 saturated carbocycles. The third-order valence-corrected chi connectivity index (χ3v) is 10.7. The fourth-order valence-corrected chi connectivity index (χ4v) is 5.72. The molecule has 0 radical (unpaired) electrons. The second-order valence-electron chi connectivity index (χ2n) is 27.1. The summed E-state index contributed by atoms with van der Waals surface area (Å²) in [6, 6.07) is 14.5. The monoisotopic (exact) mass is 1060 g/mol. The Morgan fingerprint density at radius 1 is 0.390 bits per heavy atom. The van der Waals surface area contributed by atoms with Crippen LogP contribution in [0.15, 0.2) is 111 Å². The van der Waals surface area contributed by atoms with Gasteiger partial charge in [0.25, 0.3) is 0 Å². The summed E-state index contributed by atoms with van der Waals surface area (Å²) in [5.41, 5.74) is 6.03. The van der Waals surface area contributed by atoms with Crippen LogP contribution in [0.5, 0.6) is 0 Å². The second-order valence-corrected chi connectivity index (χ2v) is 27.1. The summed E-state index contributed by atoms with van der Waals surface area (Å²) in [7, 11) is 7.63. The lowest BCUT2D eigenvalue weighted by molar-refractivity contribution is 0.347. The first-order chi connectivity index (χ1) is 34.9. The van der Waals surface area contributed by atoms with E-state index in [4.69, 9.17) is 0 Å². The van der Waals surface area contributed by atoms with Crippen LogP contribution in [0.2, 0.25) is 0 Å². The number of aromatic nitrogens is 18. The molecule has 0 amide bonds. The fraction of sp³-hybridized carbons (Fsp3) is 0.610. The standard InChI is InChI=1S/C10H14.2C8H14N2.2C7H13N3.C7H12N2.2C6H11N3/c1-10(2,3)9-7-5-4-6-8-9;1-8(2,3)7-5-9-10(4)6-7;1-8(2,3)7-5-6-10(4)9-7;1-7(2,3)6-8-5-10(4)9-6;1-7(2,3)6-5-10(4)9-8-6;1-7(2,3)9-6-4-5-8-9;1-6(2,3)9-5-7-4-8-9;1-6(2,3)9-5-4-7-8-9/h4-8H,1-3H3;2*5-6H,1-4H3;2*5H,1-4H3;4-6H,1-3H3;2*4-5H,1-3H3. The average molecular weight is 1060 g/mol. The summed E-state index contributed by atoms with van der Waals surface area (Å²) in [4.78, 5) is 7.98. The van der Waals surface area contributed by atoms with E-state index in [1.165, 1.54) is 11.1 Å². The molecule has 0 spiro atoms. The summed E-state index contributed by atoms with van der Waals surface area (Å²) >= 11 is 0. The van der Waals surface area contributed by atoms with Crippen molar-refractivity contribution in [2.75, 3.05) is 0 Å². The molecule has 7 aromatic heterocycles. The Labute approximate surface area is 464 Å². The van der Waals surface area contributed by atoms with Crippen molar-refractivity contribution in [2.24, 2.45) is 28.2 Å². The highest BCUT2D eigenvalue weighted by Gasteiger charge is 2.20. The van der Waals surface area contributed by atoms with E-state index in [0.29, 0.717) is 5.41 Å². The maximum Gasteiger partial charge on any atom is 0.155 e. The Morgan fingerprint density at radius 2 is 0.948 bits per heavy atom. The fourth-order valence-electron chi connectivity index (χ4n) is 5.72. The van der Waals surface area contributed by atoms with E-state index in [1.807, 2.05) is 88.7 Å². The van der Waals surface area contributed by atoms with Gasteiger partial charge in [0.15, 0.2) is 5.82 Å². The zero-order valence-corrected chi connectivity index (χ0v) is 52.9. The van der Waals surface area contributed by atoms with E-state index in [1.54, 1.807) is 40.7 Å². The van der Waals surface area contributed by atoms with E-state index >= 15 is 0 Å². The van der Waals surface area contributed by atoms with Gasteiger partial charge in [-0.3, -0.25) is 23.4 Å². The van der Waals surface area contributed by atoms with E-state index in [9.17, 15) is 0 Å². The molecule has 0 aliphatic rings. The summed E-state index contributed by atoms with van der Waals surface area (Å²) in [6.07, 6.45) is 20.2. The van der Waals surface area contributed by atoms with Crippen LogP contribution in [0, 0.1) is 0 Å². The van der Waals surface area contributed by atoms with E-state index < -0.39 is 0 Å². The normalized spacial score (nSPS) is 11.9. The highest BCUT2D eigenvalue weighted by Crippen LogP contribution is 2.23. The molecule has 77 heavy (non-hydrogen) atoms. The van der Waals surface area contributed by atoms with E-state index in [2.05, 4.69) is 265 Å². The van der Waals surface area contributed by atoms with Crippen molar-refractivity contribution in [1.29, 1.82) is 0 Å². The quantitative estimate of drug-likeness (QED) is 0.141. The third-order valence-electron chi connectivity index (χ3n) is 10.7. The Morgan fingerprint density at radius 3 is 1.17 bits per heavy atom. The molecule has 0 saturated heterocycles. The topological polar surface area (TPSA) is 176 Å². The lowest BCUT2D eigenvalue weighted by Gasteiger charge is -2.18. The van der Waals surface area contributed by atoms with Gasteiger partial charge in [0.2, 0.25) is 0 Å². The Bertz CT molecular complexity index is 2420. The van der Waals surface area contributed by atoms with Gasteiger partial charge in [-0.2, -0.15) is 25.5 Å². The van der Waals surface area contributed by atoms with Gasteiger partial charge in [-0.25, -0.2) is 19.3 Å². The summed E-state index contributed by atoms with van der Waals surface area (Å²) in [5, 5.41) is 36.1. The minimum absolute atomic E-state index is 0.0660. The molecule has 7 heterocycles. The highest BCUT2D eigenvalue weighted by molar-refractivity contribution is 5.22. The number of aryl methyl sites for hydroxylation is 4. The van der Waals surface area contributed by atoms with Crippen molar-refractivity contribution in [2.45, 2.75) is 210 Å². The molecule has 18 nitrogen and oxygen atoms in total. The minimum atomic E-state index is 0.0660. The van der Waals surface area contributed by atoms with Gasteiger partial charge in [-0.1, -0.05) is 145 Å². The maximum atomic E-state index is 4.30. The first-order valence-corrected chi connectivity index (χ1v) is 26.4. The van der Waals surface area contributed by atoms with E-state index in [0.717, 1.165) is 17.2 Å². The smallest absolute Gasteiger partial charge is 0.155 e. The van der Waals surface area contributed by atoms with Crippen LogP contribution in [0.1, 0.15) is 195 Å². The molecule has 8 aromatic rings. The van der Waals surface area contributed by atoms with Crippen molar-refractivity contribution in [1.82, 2.24) is 88.9 Å². The lowest BCUT2D eigenvalue weighted by Crippen LogP contribution is -2.22. The van der Waals surface area contributed by atoms with E-state index in [-0.39, 0.29) is 38.3 Å². The number of benzene rings is 1. The number of hydrogen-bond acceptors (Lipinski definition) is 11. The summed E-state index contributed by atoms with van der Waals surface area (Å²) < 4.78 is 12.7. The van der Waals surface area contributed by atoms with Gasteiger partial charge in [0, 0.05) is 81.6 Å². The van der Waals surface area contributed by atoms with Gasteiger partial charge in [-0.05, 0) is 96.4 Å². The minimum Gasteiger partial charge on any atom is -0.276 e. The van der Waals surface area contributed by atoms with Crippen molar-refractivity contribution < 1.29 is 0 Å². The number of nitrogens with zero attached hydrogens (tertiary/aromatic N) is 18. The summed E-state index contributed by atoms with van der Waals surface area (Å²) in [6.45, 7) is 51.3. The molecule has 1 aromatic carbocycles. The van der Waals surface area contributed by atoms with Gasteiger partial charge >= 0.3 is 0 Å². The average Bonchev–Trinajstić information content (AvgIpc) is 4.13. The maximum absolute atomic E-state index is 4.30. The molecule has 8 rings (SSSR count). The molecular weight excluding hydrogens is 961 g/mol. The largest absolute Gasteiger partial charge is 0.276 e. The van der Waals surface area contributed by atoms with Gasteiger partial charge in [-0.15, -0.1) is 10.2 Å². The SMILES string of the molecule is CC(C)(C)c1ccccc1.CC(C)(C)n1cccn1.CC(C)(C)n1ccnn1.CC(C)(C)n1cncn1.Cn1cc(C(C)(C)C)cn1.Cn1cc(C(C)(C)C)nn1.Cn1ccc(C(C)(C)C)n1.Cn1cnc(C(C)(C)C)n1. The van der Waals surface area contributed by atoms with Crippen molar-refractivity contribution in [3.05, 3.63) is 139 Å². The van der Waals surface area contributed by atoms with Crippen LogP contribution < -0.4 is 0 Å². The van der Waals surface area contributed by atoms with Gasteiger partial charge < -0.3 is 0 Å². The molecule has 0 aliphatic heterocycles. The number of rotatable bonds is 0. The zero-order valence-electron chi connectivity index (χ0n) is 52.9. The molecule has 0 fully saturated rings. The molecule has 0 N–H and O–H groups in total. The van der Waals surface area contributed by atoms with Gasteiger partial charge in [0.05, 0.1) is 40.4 Å². The second kappa shape index (κ2) is 28.7. The third kappa shape index (κ3) is 27.9. The first kappa shape index (κ1) is 68.4. The van der Waals surface area contributed by atoms with Crippen LogP contribution in [0.3, 0.4) is 0 Å². The predicted molar refractivity (Wildman–Crippen MR) is 316 cm³/mol. The molecule has 18 heteroatoms. The zero-order chi connectivity index (χ0) is 59.4. The van der Waals surface area contributed by atoms with Crippen molar-refractivity contribution in [3.8, 4) is 0 Å². The highest BCUT2D eigenvalue weighted by atomic mass is 15.4. The van der Waals surface area contributed by atoms with Gasteiger partial charge in [0.1, 0.15) is 19.0 Å². The van der Waals surface area contributed by atoms with Crippen LogP contribution in [-0.2, 0) is 71.9 Å². The molecule has 0 aliphatic carbocycles. The van der Waals surface area contributed by atoms with Crippen LogP contribution in [0.25, 0.3) is 0 Å². The number of hydrogen-bond donors (Lipinski definition) is 0. The Hall–Kier alpha value is -6.59. The molecule has 428 valence electrons. The summed E-state index contributed by atoms with van der Waals surface area (Å²) in [5.74, 6) is 0.898. The van der Waals surface area contributed by atoms with Crippen LogP contribution in [0.4, 0.5) is 0 Å². The first-order valence-electron chi connectivity index (χ1n) is 26.4. The van der Waals surface area contributed by atoms with Crippen molar-refractivity contribution >= 4 is 0 Å². The molecule has 0 bridgehead atoms. The van der Waals surface area contributed by atoms with Crippen LogP contribution in [-0.4, -0.2) is 88.9 Å².